The Morgan fingerprint density at radius 2 is 1.89 bits per heavy atom. The summed E-state index contributed by atoms with van der Waals surface area (Å²) in [5.41, 5.74) is 2.06. The van der Waals surface area contributed by atoms with E-state index in [2.05, 4.69) is 30.8 Å². The second kappa shape index (κ2) is 7.85. The normalized spacial score (nSPS) is 19.3. The maximum Gasteiger partial charge on any atom is 0.170 e. The van der Waals surface area contributed by atoms with Crippen LogP contribution in [-0.2, 0) is 4.74 Å². The minimum atomic E-state index is -0.0482. The monoisotopic (exact) mass is 379 g/mol. The van der Waals surface area contributed by atoms with Crippen molar-refractivity contribution < 1.29 is 4.74 Å². The van der Waals surface area contributed by atoms with E-state index in [-0.39, 0.29) is 12.1 Å². The zero-order chi connectivity index (χ0) is 18.6. The zero-order valence-electron chi connectivity index (χ0n) is 15.0. The Labute approximate surface area is 163 Å². The van der Waals surface area contributed by atoms with Gasteiger partial charge in [0, 0.05) is 37.9 Å². The Morgan fingerprint density at radius 3 is 2.59 bits per heavy atom. The second-order valence-electron chi connectivity index (χ2n) is 6.30. The predicted octanol–water partition coefficient (Wildman–Crippen LogP) is 2.89. The Hall–Kier alpha value is -2.77. The molecule has 3 aromatic rings. The summed E-state index contributed by atoms with van der Waals surface area (Å²) in [7, 11) is 1.70. The highest BCUT2D eigenvalue weighted by atomic mass is 32.1. The fraction of sp³-hybridized carbons (Fsp3) is 0.250. The Bertz CT molecular complexity index is 899. The predicted molar refractivity (Wildman–Crippen MR) is 108 cm³/mol. The van der Waals surface area contributed by atoms with Gasteiger partial charge < -0.3 is 19.5 Å². The van der Waals surface area contributed by atoms with Gasteiger partial charge in [-0.3, -0.25) is 4.98 Å². The van der Waals surface area contributed by atoms with Gasteiger partial charge in [-0.15, -0.1) is 0 Å². The number of rotatable bonds is 6. The van der Waals surface area contributed by atoms with Gasteiger partial charge in [-0.2, -0.15) is 0 Å². The molecule has 1 saturated heterocycles. The number of hydrogen-bond donors (Lipinski definition) is 1. The first-order valence-corrected chi connectivity index (χ1v) is 9.26. The zero-order valence-corrected chi connectivity index (χ0v) is 15.8. The first kappa shape index (κ1) is 17.6. The van der Waals surface area contributed by atoms with E-state index in [9.17, 15) is 0 Å². The molecule has 0 bridgehead atoms. The number of ether oxygens (including phenoxy) is 1. The summed E-state index contributed by atoms with van der Waals surface area (Å²) < 4.78 is 7.42. The third-order valence-electron chi connectivity index (χ3n) is 4.71. The summed E-state index contributed by atoms with van der Waals surface area (Å²) >= 11 is 5.65. The number of thiocarbonyl (C=S) groups is 1. The number of methoxy groups -OCH3 is 1. The third-order valence-corrected chi connectivity index (χ3v) is 5.07. The smallest absolute Gasteiger partial charge is 0.170 e. The topological polar surface area (TPSA) is 55.2 Å². The van der Waals surface area contributed by atoms with Crippen molar-refractivity contribution in [2.75, 3.05) is 20.3 Å². The molecule has 1 aliphatic rings. The molecule has 0 radical (unpaired) electrons. The lowest BCUT2D eigenvalue weighted by atomic mass is 10.0. The molecule has 1 aliphatic heterocycles. The summed E-state index contributed by atoms with van der Waals surface area (Å²) in [4.78, 5) is 11.2. The summed E-state index contributed by atoms with van der Waals surface area (Å²) in [6, 6.07) is 15.9. The van der Waals surface area contributed by atoms with Crippen LogP contribution in [0.2, 0.25) is 0 Å². The maximum atomic E-state index is 5.65. The Balaban J connectivity index is 1.78. The van der Waals surface area contributed by atoms with Gasteiger partial charge in [0.15, 0.2) is 5.11 Å². The van der Waals surface area contributed by atoms with E-state index in [1.807, 2.05) is 54.9 Å². The highest BCUT2D eigenvalue weighted by molar-refractivity contribution is 7.80. The molecule has 0 amide bonds. The first-order valence-electron chi connectivity index (χ1n) is 8.85. The van der Waals surface area contributed by atoms with E-state index in [0.717, 1.165) is 17.2 Å². The second-order valence-corrected chi connectivity index (χ2v) is 6.69. The molecule has 7 heteroatoms. The van der Waals surface area contributed by atoms with E-state index in [4.69, 9.17) is 17.0 Å². The third kappa shape index (κ3) is 3.43. The van der Waals surface area contributed by atoms with Crippen molar-refractivity contribution in [2.45, 2.75) is 12.1 Å². The summed E-state index contributed by atoms with van der Waals surface area (Å²) in [6.07, 6.45) is 5.64. The van der Waals surface area contributed by atoms with Crippen molar-refractivity contribution >= 4 is 17.3 Å². The van der Waals surface area contributed by atoms with E-state index >= 15 is 0 Å². The number of hydrogen-bond acceptors (Lipinski definition) is 4. The average Bonchev–Trinajstić information content (AvgIpc) is 3.32. The highest BCUT2D eigenvalue weighted by Gasteiger charge is 2.41. The summed E-state index contributed by atoms with van der Waals surface area (Å²) in [6.45, 7) is 1.29. The van der Waals surface area contributed by atoms with Gasteiger partial charge in [0.1, 0.15) is 5.82 Å². The van der Waals surface area contributed by atoms with Crippen molar-refractivity contribution in [1.82, 2.24) is 24.8 Å². The van der Waals surface area contributed by atoms with Crippen LogP contribution in [0.1, 0.15) is 23.5 Å². The Morgan fingerprint density at radius 1 is 1.07 bits per heavy atom. The molecule has 0 spiro atoms. The fourth-order valence-corrected chi connectivity index (χ4v) is 3.83. The molecule has 27 heavy (non-hydrogen) atoms. The number of aromatic nitrogens is 3. The molecule has 0 unspecified atom stereocenters. The van der Waals surface area contributed by atoms with Crippen LogP contribution >= 0.6 is 12.2 Å². The van der Waals surface area contributed by atoms with Crippen molar-refractivity contribution in [3.05, 3.63) is 78.5 Å². The molecule has 0 aliphatic carbocycles. The lowest BCUT2D eigenvalue weighted by molar-refractivity contribution is 0.163. The minimum absolute atomic E-state index is 0.0143. The van der Waals surface area contributed by atoms with Gasteiger partial charge in [-0.1, -0.05) is 12.1 Å². The molecule has 2 atom stereocenters. The minimum Gasteiger partial charge on any atom is -0.383 e. The van der Waals surface area contributed by atoms with Crippen LogP contribution in [0.25, 0.3) is 5.82 Å². The summed E-state index contributed by atoms with van der Waals surface area (Å²) in [5, 5.41) is 4.16. The lowest BCUT2D eigenvalue weighted by Crippen LogP contribution is -2.33. The van der Waals surface area contributed by atoms with Crippen LogP contribution in [0, 0.1) is 0 Å². The van der Waals surface area contributed by atoms with Crippen LogP contribution in [0.5, 0.6) is 0 Å². The molecule has 138 valence electrons. The van der Waals surface area contributed by atoms with Crippen molar-refractivity contribution in [1.29, 1.82) is 0 Å². The quantitative estimate of drug-likeness (QED) is 0.665. The van der Waals surface area contributed by atoms with Gasteiger partial charge in [-0.05, 0) is 48.6 Å². The van der Waals surface area contributed by atoms with Gasteiger partial charge in [0.05, 0.1) is 24.4 Å². The molecule has 4 rings (SSSR count). The van der Waals surface area contributed by atoms with Gasteiger partial charge in [0.25, 0.3) is 0 Å². The van der Waals surface area contributed by atoms with Crippen LogP contribution in [0.3, 0.4) is 0 Å². The molecule has 1 fully saturated rings. The van der Waals surface area contributed by atoms with E-state index in [1.165, 1.54) is 0 Å². The van der Waals surface area contributed by atoms with Crippen molar-refractivity contribution in [3.8, 4) is 5.82 Å². The molecular formula is C20H21N5OS. The SMILES string of the molecule is COCCN1C(=S)N[C@@H](c2ccccn2)[C@H]1c1cccn1-c1ccccn1. The number of pyridine rings is 2. The van der Waals surface area contributed by atoms with Crippen LogP contribution in [0.4, 0.5) is 0 Å². The van der Waals surface area contributed by atoms with Crippen LogP contribution in [0.15, 0.2) is 67.1 Å². The fourth-order valence-electron chi connectivity index (χ4n) is 3.50. The molecule has 6 nitrogen and oxygen atoms in total. The maximum absolute atomic E-state index is 5.65. The molecular weight excluding hydrogens is 358 g/mol. The molecule has 0 saturated carbocycles. The number of nitrogens with zero attached hydrogens (tertiary/aromatic N) is 4. The standard InChI is InChI=1S/C20H21N5OS/c1-26-14-13-25-19(18(23-20(25)27)15-7-2-4-10-21-15)16-8-6-12-24(16)17-9-3-5-11-22-17/h2-12,18-19H,13-14H2,1H3,(H,23,27)/t18-,19+/m0/s1. The molecule has 0 aromatic carbocycles. The van der Waals surface area contributed by atoms with E-state index in [0.29, 0.717) is 18.3 Å². The number of nitrogens with one attached hydrogen (secondary N) is 1. The molecule has 4 heterocycles. The lowest BCUT2D eigenvalue weighted by Gasteiger charge is -2.28. The van der Waals surface area contributed by atoms with Gasteiger partial charge in [-0.25, -0.2) is 4.98 Å². The molecule has 3 aromatic heterocycles. The first-order chi connectivity index (χ1) is 13.3. The summed E-state index contributed by atoms with van der Waals surface area (Å²) in [5.74, 6) is 0.877. The van der Waals surface area contributed by atoms with E-state index in [1.54, 1.807) is 13.3 Å². The average molecular weight is 379 g/mol. The van der Waals surface area contributed by atoms with Gasteiger partial charge >= 0.3 is 0 Å². The van der Waals surface area contributed by atoms with E-state index < -0.39 is 0 Å². The van der Waals surface area contributed by atoms with Gasteiger partial charge in [0.2, 0.25) is 0 Å². The highest BCUT2D eigenvalue weighted by Crippen LogP contribution is 2.39. The van der Waals surface area contributed by atoms with Crippen molar-refractivity contribution in [2.24, 2.45) is 0 Å². The van der Waals surface area contributed by atoms with Crippen molar-refractivity contribution in [3.63, 3.8) is 0 Å². The van der Waals surface area contributed by atoms with Crippen LogP contribution in [-0.4, -0.2) is 44.8 Å². The largest absolute Gasteiger partial charge is 0.383 e. The van der Waals surface area contributed by atoms with Crippen LogP contribution < -0.4 is 5.32 Å². The Kier molecular flexibility index (Phi) is 5.13. The molecule has 1 N–H and O–H groups in total.